The second kappa shape index (κ2) is 5.46. The lowest BCUT2D eigenvalue weighted by Gasteiger charge is -2.15. The molecule has 0 fully saturated rings. The lowest BCUT2D eigenvalue weighted by Crippen LogP contribution is -2.23. The number of pyridine rings is 1. The van der Waals surface area contributed by atoms with E-state index in [4.69, 9.17) is 11.1 Å². The molecule has 0 saturated heterocycles. The highest BCUT2D eigenvalue weighted by molar-refractivity contribution is 5.76. The number of nitrogens with one attached hydrogen (secondary N) is 1. The van der Waals surface area contributed by atoms with E-state index in [1.54, 1.807) is 0 Å². The molecular weight excluding hydrogens is 188 g/mol. The van der Waals surface area contributed by atoms with Gasteiger partial charge in [-0.2, -0.15) is 0 Å². The van der Waals surface area contributed by atoms with Gasteiger partial charge in [-0.05, 0) is 25.1 Å². The molecule has 82 valence electrons. The highest BCUT2D eigenvalue weighted by atomic mass is 15.1. The Bertz CT molecular complexity index is 335. The molecule has 1 rings (SSSR count). The van der Waals surface area contributed by atoms with Crippen LogP contribution < -0.4 is 5.73 Å². The molecule has 0 aliphatic rings. The van der Waals surface area contributed by atoms with Crippen molar-refractivity contribution in [3.63, 3.8) is 0 Å². The highest BCUT2D eigenvalue weighted by Gasteiger charge is 2.01. The molecule has 15 heavy (non-hydrogen) atoms. The number of hydrogen-bond donors (Lipinski definition) is 2. The van der Waals surface area contributed by atoms with Gasteiger partial charge in [0.1, 0.15) is 0 Å². The summed E-state index contributed by atoms with van der Waals surface area (Å²) in [4.78, 5) is 6.28. The third-order valence-electron chi connectivity index (χ3n) is 2.15. The molecule has 3 N–H and O–H groups in total. The number of hydrogen-bond acceptors (Lipinski definition) is 3. The third-order valence-corrected chi connectivity index (χ3v) is 2.15. The molecular formula is C11H18N4. The molecule has 0 saturated carbocycles. The van der Waals surface area contributed by atoms with Crippen LogP contribution in [0.2, 0.25) is 0 Å². The van der Waals surface area contributed by atoms with E-state index in [-0.39, 0.29) is 5.84 Å². The van der Waals surface area contributed by atoms with Crippen molar-refractivity contribution in [2.45, 2.75) is 19.9 Å². The van der Waals surface area contributed by atoms with Crippen molar-refractivity contribution in [1.82, 2.24) is 9.88 Å². The van der Waals surface area contributed by atoms with Crippen LogP contribution in [0.15, 0.2) is 18.5 Å². The maximum atomic E-state index is 7.14. The molecule has 0 spiro atoms. The maximum absolute atomic E-state index is 7.14. The van der Waals surface area contributed by atoms with Gasteiger partial charge in [-0.1, -0.05) is 6.07 Å². The Morgan fingerprint density at radius 2 is 2.27 bits per heavy atom. The first kappa shape index (κ1) is 11.7. The fraction of sp³-hybridized carbons (Fsp3) is 0.455. The largest absolute Gasteiger partial charge is 0.388 e. The Morgan fingerprint density at radius 1 is 1.53 bits per heavy atom. The summed E-state index contributed by atoms with van der Waals surface area (Å²) in [6.07, 6.45) is 4.34. The van der Waals surface area contributed by atoms with E-state index in [9.17, 15) is 0 Å². The molecule has 0 unspecified atom stereocenters. The smallest absolute Gasteiger partial charge is 0.0918 e. The Hall–Kier alpha value is -1.42. The fourth-order valence-electron chi connectivity index (χ4n) is 1.41. The van der Waals surface area contributed by atoms with Crippen LogP contribution in [0.5, 0.6) is 0 Å². The normalized spacial score (nSPS) is 10.6. The third kappa shape index (κ3) is 4.56. The van der Waals surface area contributed by atoms with Crippen LogP contribution in [0.4, 0.5) is 0 Å². The molecule has 0 amide bonds. The van der Waals surface area contributed by atoms with E-state index in [0.717, 1.165) is 13.1 Å². The van der Waals surface area contributed by atoms with Crippen LogP contribution in [-0.2, 0) is 6.54 Å². The van der Waals surface area contributed by atoms with E-state index in [1.807, 2.05) is 26.4 Å². The Balaban J connectivity index is 2.44. The lowest BCUT2D eigenvalue weighted by atomic mass is 10.2. The van der Waals surface area contributed by atoms with Crippen molar-refractivity contribution in [3.05, 3.63) is 29.6 Å². The number of aromatic nitrogens is 1. The summed E-state index contributed by atoms with van der Waals surface area (Å²) in [7, 11) is 2.02. The molecule has 0 aliphatic carbocycles. The number of rotatable bonds is 5. The van der Waals surface area contributed by atoms with Crippen molar-refractivity contribution in [2.75, 3.05) is 13.6 Å². The topological polar surface area (TPSA) is 66.0 Å². The van der Waals surface area contributed by atoms with Gasteiger partial charge in [-0.3, -0.25) is 10.4 Å². The van der Waals surface area contributed by atoms with E-state index < -0.39 is 0 Å². The monoisotopic (exact) mass is 206 g/mol. The Labute approximate surface area is 90.6 Å². The Morgan fingerprint density at radius 3 is 2.87 bits per heavy atom. The minimum atomic E-state index is 0.240. The zero-order valence-corrected chi connectivity index (χ0v) is 9.33. The average Bonchev–Trinajstić information content (AvgIpc) is 2.15. The van der Waals surface area contributed by atoms with Gasteiger partial charge in [0.05, 0.1) is 5.84 Å². The summed E-state index contributed by atoms with van der Waals surface area (Å²) in [5.41, 5.74) is 7.67. The van der Waals surface area contributed by atoms with Gasteiger partial charge >= 0.3 is 0 Å². The minimum absolute atomic E-state index is 0.240. The average molecular weight is 206 g/mol. The zero-order chi connectivity index (χ0) is 11.3. The van der Waals surface area contributed by atoms with Crippen LogP contribution in [0, 0.1) is 12.3 Å². The van der Waals surface area contributed by atoms with E-state index in [0.29, 0.717) is 6.42 Å². The van der Waals surface area contributed by atoms with E-state index in [1.165, 1.54) is 11.1 Å². The van der Waals surface area contributed by atoms with Crippen LogP contribution in [0.1, 0.15) is 17.5 Å². The van der Waals surface area contributed by atoms with Crippen molar-refractivity contribution < 1.29 is 0 Å². The molecule has 1 aromatic rings. The SMILES string of the molecule is Cc1cncc(CN(C)CCC(=N)N)c1. The predicted octanol–water partition coefficient (Wildman–Crippen LogP) is 1.15. The van der Waals surface area contributed by atoms with Crippen LogP contribution >= 0.6 is 0 Å². The molecule has 0 radical (unpaired) electrons. The fourth-order valence-corrected chi connectivity index (χ4v) is 1.41. The summed E-state index contributed by atoms with van der Waals surface area (Å²) >= 11 is 0. The summed E-state index contributed by atoms with van der Waals surface area (Å²) in [6.45, 7) is 3.69. The Kier molecular flexibility index (Phi) is 4.24. The van der Waals surface area contributed by atoms with Crippen molar-refractivity contribution in [2.24, 2.45) is 5.73 Å². The molecule has 0 aromatic carbocycles. The standard InChI is InChI=1S/C11H18N4/c1-9-5-10(7-14-6-9)8-15(2)4-3-11(12)13/h5-7H,3-4,8H2,1-2H3,(H3,12,13). The second-order valence-electron chi connectivity index (χ2n) is 3.88. The van der Waals surface area contributed by atoms with Gasteiger partial charge in [-0.15, -0.1) is 0 Å². The predicted molar refractivity (Wildman–Crippen MR) is 61.8 cm³/mol. The molecule has 0 atom stereocenters. The number of amidine groups is 1. The number of nitrogens with two attached hydrogens (primary N) is 1. The maximum Gasteiger partial charge on any atom is 0.0918 e. The summed E-state index contributed by atoms with van der Waals surface area (Å²) < 4.78 is 0. The van der Waals surface area contributed by atoms with Gasteiger partial charge in [0.15, 0.2) is 0 Å². The zero-order valence-electron chi connectivity index (χ0n) is 9.33. The molecule has 0 aliphatic heterocycles. The first-order chi connectivity index (χ1) is 7.08. The molecule has 0 bridgehead atoms. The second-order valence-corrected chi connectivity index (χ2v) is 3.88. The van der Waals surface area contributed by atoms with E-state index in [2.05, 4.69) is 16.0 Å². The van der Waals surface area contributed by atoms with Crippen LogP contribution in [0.3, 0.4) is 0 Å². The first-order valence-electron chi connectivity index (χ1n) is 5.00. The van der Waals surface area contributed by atoms with Gasteiger partial charge in [0.25, 0.3) is 0 Å². The van der Waals surface area contributed by atoms with Crippen molar-refractivity contribution in [1.29, 1.82) is 5.41 Å². The van der Waals surface area contributed by atoms with Gasteiger partial charge < -0.3 is 10.6 Å². The summed E-state index contributed by atoms with van der Waals surface area (Å²) in [6, 6.07) is 2.12. The van der Waals surface area contributed by atoms with Gasteiger partial charge in [0, 0.05) is 31.9 Å². The minimum Gasteiger partial charge on any atom is -0.388 e. The highest BCUT2D eigenvalue weighted by Crippen LogP contribution is 2.04. The lowest BCUT2D eigenvalue weighted by molar-refractivity contribution is 0.336. The van der Waals surface area contributed by atoms with Gasteiger partial charge in [-0.25, -0.2) is 0 Å². The van der Waals surface area contributed by atoms with Crippen LogP contribution in [-0.4, -0.2) is 29.3 Å². The van der Waals surface area contributed by atoms with Crippen molar-refractivity contribution >= 4 is 5.84 Å². The van der Waals surface area contributed by atoms with Crippen molar-refractivity contribution in [3.8, 4) is 0 Å². The number of aryl methyl sites for hydroxylation is 1. The molecule has 1 heterocycles. The quantitative estimate of drug-likeness (QED) is 0.561. The summed E-state index contributed by atoms with van der Waals surface area (Å²) in [5.74, 6) is 0.240. The molecule has 1 aromatic heterocycles. The molecule has 4 heteroatoms. The van der Waals surface area contributed by atoms with Gasteiger partial charge in [0.2, 0.25) is 0 Å². The van der Waals surface area contributed by atoms with Crippen LogP contribution in [0.25, 0.3) is 0 Å². The summed E-state index contributed by atoms with van der Waals surface area (Å²) in [5, 5.41) is 7.14. The number of nitrogens with zero attached hydrogens (tertiary/aromatic N) is 2. The first-order valence-corrected chi connectivity index (χ1v) is 5.00. The van der Waals surface area contributed by atoms with E-state index >= 15 is 0 Å². The molecule has 4 nitrogen and oxygen atoms in total.